The van der Waals surface area contributed by atoms with E-state index in [-0.39, 0.29) is 24.0 Å². The lowest BCUT2D eigenvalue weighted by Gasteiger charge is -2.37. The van der Waals surface area contributed by atoms with E-state index in [0.29, 0.717) is 17.2 Å². The van der Waals surface area contributed by atoms with Gasteiger partial charge in [0, 0.05) is 42.6 Å². The van der Waals surface area contributed by atoms with Gasteiger partial charge in [-0.2, -0.15) is 11.8 Å². The van der Waals surface area contributed by atoms with E-state index in [1.54, 1.807) is 0 Å². The van der Waals surface area contributed by atoms with Crippen LogP contribution in [0.15, 0.2) is 22.5 Å². The predicted octanol–water partition coefficient (Wildman–Crippen LogP) is 3.62. The molecule has 2 heterocycles. The minimum atomic E-state index is 0. The van der Waals surface area contributed by atoms with Crippen molar-refractivity contribution in [2.45, 2.75) is 25.1 Å². The van der Waals surface area contributed by atoms with E-state index < -0.39 is 0 Å². The molecule has 0 saturated carbocycles. The van der Waals surface area contributed by atoms with Gasteiger partial charge in [0.15, 0.2) is 5.96 Å². The third-order valence-electron chi connectivity index (χ3n) is 4.30. The first-order valence-corrected chi connectivity index (χ1v) is 10.2. The van der Waals surface area contributed by atoms with Gasteiger partial charge in [-0.05, 0) is 31.5 Å². The van der Waals surface area contributed by atoms with Crippen molar-refractivity contribution in [2.75, 3.05) is 46.5 Å². The van der Waals surface area contributed by atoms with Crippen molar-refractivity contribution in [1.29, 1.82) is 0 Å². The van der Waals surface area contributed by atoms with Gasteiger partial charge in [0.05, 0.1) is 6.04 Å². The molecule has 1 N–H and O–H groups in total. The molecule has 0 aromatic carbocycles. The Balaban J connectivity index is 0.00000288. The fraction of sp³-hybridized carbons (Fsp3) is 0.706. The van der Waals surface area contributed by atoms with Crippen LogP contribution in [0.5, 0.6) is 0 Å². The lowest BCUT2D eigenvalue weighted by molar-refractivity contribution is 0.297. The first-order chi connectivity index (χ1) is 11.0. The number of aliphatic imine (C=N–C) groups is 1. The van der Waals surface area contributed by atoms with Crippen LogP contribution >= 0.6 is 47.1 Å². The van der Waals surface area contributed by atoms with E-state index in [0.717, 1.165) is 25.6 Å². The van der Waals surface area contributed by atoms with Crippen LogP contribution in [0.1, 0.15) is 24.8 Å². The first kappa shape index (κ1) is 22.1. The van der Waals surface area contributed by atoms with Gasteiger partial charge in [0.25, 0.3) is 0 Å². The monoisotopic (exact) mass is 482 g/mol. The van der Waals surface area contributed by atoms with Crippen molar-refractivity contribution in [3.63, 3.8) is 0 Å². The fourth-order valence-electron chi connectivity index (χ4n) is 2.81. The summed E-state index contributed by atoms with van der Waals surface area (Å²) in [5, 5.41) is 6.45. The van der Waals surface area contributed by atoms with Crippen molar-refractivity contribution in [3.8, 4) is 0 Å². The maximum atomic E-state index is 4.53. The SMILES string of the molecule is CN=C(NCC(c1cccs1)N(C)C)N1CCSC(C(C)C)C1.I. The van der Waals surface area contributed by atoms with Crippen LogP contribution in [0.25, 0.3) is 0 Å². The van der Waals surface area contributed by atoms with Gasteiger partial charge >= 0.3 is 0 Å². The standard InChI is InChI=1S/C17H30N4S2.HI/c1-13(2)16-12-21(8-10-23-16)17(18-3)19-11-14(20(4)5)15-7-6-9-22-15;/h6-7,9,13-14,16H,8,10-12H2,1-5H3,(H,18,19);1H. The van der Waals surface area contributed by atoms with E-state index in [1.165, 1.54) is 10.6 Å². The lowest BCUT2D eigenvalue weighted by atomic mass is 10.1. The molecule has 0 amide bonds. The number of thiophene rings is 1. The van der Waals surface area contributed by atoms with Crippen molar-refractivity contribution in [3.05, 3.63) is 22.4 Å². The van der Waals surface area contributed by atoms with Crippen LogP contribution in [-0.2, 0) is 0 Å². The third kappa shape index (κ3) is 6.07. The van der Waals surface area contributed by atoms with Crippen LogP contribution in [-0.4, -0.2) is 67.5 Å². The number of nitrogens with zero attached hydrogens (tertiary/aromatic N) is 3. The van der Waals surface area contributed by atoms with Crippen molar-refractivity contribution in [2.24, 2.45) is 10.9 Å². The predicted molar refractivity (Wildman–Crippen MR) is 120 cm³/mol. The highest BCUT2D eigenvalue weighted by Crippen LogP contribution is 2.25. The number of hydrogen-bond donors (Lipinski definition) is 1. The third-order valence-corrected chi connectivity index (χ3v) is 6.81. The molecule has 1 aromatic heterocycles. The summed E-state index contributed by atoms with van der Waals surface area (Å²) in [6, 6.07) is 4.72. The molecule has 0 aliphatic carbocycles. The molecule has 138 valence electrons. The molecule has 1 aromatic rings. The van der Waals surface area contributed by atoms with Gasteiger partial charge in [0.1, 0.15) is 0 Å². The second-order valence-electron chi connectivity index (χ2n) is 6.52. The van der Waals surface area contributed by atoms with E-state index in [4.69, 9.17) is 0 Å². The number of thioether (sulfide) groups is 1. The molecule has 1 aliphatic rings. The molecule has 1 aliphatic heterocycles. The molecule has 2 unspecified atom stereocenters. The molecular weight excluding hydrogens is 451 g/mol. The molecule has 24 heavy (non-hydrogen) atoms. The quantitative estimate of drug-likeness (QED) is 0.395. The van der Waals surface area contributed by atoms with Crippen molar-refractivity contribution >= 4 is 53.0 Å². The Kier molecular flexibility index (Phi) is 10.00. The topological polar surface area (TPSA) is 30.9 Å². The molecule has 7 heteroatoms. The number of rotatable bonds is 5. The Bertz CT molecular complexity index is 491. The number of nitrogens with one attached hydrogen (secondary N) is 1. The summed E-state index contributed by atoms with van der Waals surface area (Å²) in [6.07, 6.45) is 0. The van der Waals surface area contributed by atoms with Gasteiger partial charge in [-0.1, -0.05) is 19.9 Å². The Labute approximate surface area is 172 Å². The molecule has 0 spiro atoms. The van der Waals surface area contributed by atoms with Crippen LogP contribution in [0, 0.1) is 5.92 Å². The minimum absolute atomic E-state index is 0. The summed E-state index contributed by atoms with van der Waals surface area (Å²) in [5.41, 5.74) is 0. The minimum Gasteiger partial charge on any atom is -0.354 e. The van der Waals surface area contributed by atoms with Crippen LogP contribution in [0.2, 0.25) is 0 Å². The molecular formula is C17H31IN4S2. The second-order valence-corrected chi connectivity index (χ2v) is 8.85. The highest BCUT2D eigenvalue weighted by Gasteiger charge is 2.25. The molecule has 0 radical (unpaired) electrons. The summed E-state index contributed by atoms with van der Waals surface area (Å²) < 4.78 is 0. The molecule has 4 nitrogen and oxygen atoms in total. The highest BCUT2D eigenvalue weighted by molar-refractivity contribution is 14.0. The zero-order chi connectivity index (χ0) is 16.8. The zero-order valence-electron chi connectivity index (χ0n) is 15.4. The highest BCUT2D eigenvalue weighted by atomic mass is 127. The molecule has 0 bridgehead atoms. The Morgan fingerprint density at radius 1 is 1.46 bits per heavy atom. The van der Waals surface area contributed by atoms with Crippen LogP contribution in [0.3, 0.4) is 0 Å². The van der Waals surface area contributed by atoms with E-state index >= 15 is 0 Å². The molecule has 2 atom stereocenters. The van der Waals surface area contributed by atoms with Gasteiger partial charge in [-0.3, -0.25) is 4.99 Å². The van der Waals surface area contributed by atoms with E-state index in [9.17, 15) is 0 Å². The largest absolute Gasteiger partial charge is 0.354 e. The maximum absolute atomic E-state index is 4.53. The molecule has 1 saturated heterocycles. The summed E-state index contributed by atoms with van der Waals surface area (Å²) >= 11 is 3.92. The fourth-order valence-corrected chi connectivity index (χ4v) is 5.03. The van der Waals surface area contributed by atoms with Gasteiger partial charge in [-0.15, -0.1) is 35.3 Å². The molecule has 2 rings (SSSR count). The van der Waals surface area contributed by atoms with Gasteiger partial charge in [0.2, 0.25) is 0 Å². The summed E-state index contributed by atoms with van der Waals surface area (Å²) in [7, 11) is 6.17. The summed E-state index contributed by atoms with van der Waals surface area (Å²) in [4.78, 5) is 10.6. The number of likely N-dealkylation sites (N-methyl/N-ethyl adjacent to an activating group) is 1. The second kappa shape index (κ2) is 10.9. The van der Waals surface area contributed by atoms with E-state index in [1.807, 2.05) is 18.4 Å². The Hall–Kier alpha value is 0.01000. The Morgan fingerprint density at radius 3 is 2.75 bits per heavy atom. The Morgan fingerprint density at radius 2 is 2.21 bits per heavy atom. The van der Waals surface area contributed by atoms with Gasteiger partial charge < -0.3 is 15.1 Å². The van der Waals surface area contributed by atoms with Gasteiger partial charge in [-0.25, -0.2) is 0 Å². The van der Waals surface area contributed by atoms with Crippen molar-refractivity contribution in [1.82, 2.24) is 15.1 Å². The number of hydrogen-bond acceptors (Lipinski definition) is 4. The number of guanidine groups is 1. The van der Waals surface area contributed by atoms with Crippen LogP contribution < -0.4 is 5.32 Å². The van der Waals surface area contributed by atoms with Crippen LogP contribution in [0.4, 0.5) is 0 Å². The van der Waals surface area contributed by atoms with E-state index in [2.05, 4.69) is 77.3 Å². The first-order valence-electron chi connectivity index (χ1n) is 8.30. The average molecular weight is 483 g/mol. The normalized spacial score (nSPS) is 20.2. The summed E-state index contributed by atoms with van der Waals surface area (Å²) in [6.45, 7) is 7.69. The molecule has 1 fully saturated rings. The van der Waals surface area contributed by atoms with Crippen molar-refractivity contribution < 1.29 is 0 Å². The number of halogens is 1. The maximum Gasteiger partial charge on any atom is 0.193 e. The smallest absolute Gasteiger partial charge is 0.193 e. The average Bonchev–Trinajstić information content (AvgIpc) is 3.05. The lowest BCUT2D eigenvalue weighted by Crippen LogP contribution is -2.50. The zero-order valence-corrected chi connectivity index (χ0v) is 19.3. The summed E-state index contributed by atoms with van der Waals surface area (Å²) in [5.74, 6) is 2.94.